The van der Waals surface area contributed by atoms with Gasteiger partial charge in [-0.1, -0.05) is 36.4 Å². The summed E-state index contributed by atoms with van der Waals surface area (Å²) >= 11 is 0. The fourth-order valence-electron chi connectivity index (χ4n) is 4.50. The minimum absolute atomic E-state index is 0.0589. The van der Waals surface area contributed by atoms with Crippen molar-refractivity contribution in [3.8, 4) is 0 Å². The Bertz CT molecular complexity index is 845. The van der Waals surface area contributed by atoms with Crippen LogP contribution >= 0.6 is 0 Å². The normalized spacial score (nSPS) is 18.3. The molecule has 28 heavy (non-hydrogen) atoms. The number of hydrogen-bond donors (Lipinski definition) is 0. The Balaban J connectivity index is 1.23. The Morgan fingerprint density at radius 1 is 0.571 bits per heavy atom. The lowest BCUT2D eigenvalue weighted by molar-refractivity contribution is 0.150. The summed E-state index contributed by atoms with van der Waals surface area (Å²) in [6.07, 6.45) is 1.82. The third-order valence-electron chi connectivity index (χ3n) is 6.06. The van der Waals surface area contributed by atoms with Gasteiger partial charge in [-0.3, -0.25) is 9.80 Å². The van der Waals surface area contributed by atoms with Gasteiger partial charge in [0.2, 0.25) is 0 Å². The smallest absolute Gasteiger partial charge is 0.321 e. The van der Waals surface area contributed by atoms with E-state index in [4.69, 9.17) is 0 Å². The number of amides is 4. The average molecular weight is 376 g/mol. The number of carbonyl (C=O) groups is 2. The zero-order valence-corrected chi connectivity index (χ0v) is 15.9. The number of rotatable bonds is 0. The maximum atomic E-state index is 13.0. The third kappa shape index (κ3) is 2.80. The van der Waals surface area contributed by atoms with Gasteiger partial charge in [0.1, 0.15) is 0 Å². The van der Waals surface area contributed by atoms with Gasteiger partial charge in [-0.25, -0.2) is 9.59 Å². The van der Waals surface area contributed by atoms with Crippen LogP contribution in [-0.4, -0.2) is 61.1 Å². The van der Waals surface area contributed by atoms with Crippen molar-refractivity contribution in [2.45, 2.75) is 12.8 Å². The van der Waals surface area contributed by atoms with E-state index in [1.54, 1.807) is 0 Å². The molecule has 3 heterocycles. The largest absolute Gasteiger partial charge is 0.324 e. The highest BCUT2D eigenvalue weighted by Crippen LogP contribution is 2.30. The first-order chi connectivity index (χ1) is 13.7. The fraction of sp³-hybridized carbons (Fsp3) is 0.364. The van der Waals surface area contributed by atoms with E-state index in [0.717, 1.165) is 37.3 Å². The lowest BCUT2D eigenvalue weighted by Gasteiger charge is -2.38. The summed E-state index contributed by atoms with van der Waals surface area (Å²) < 4.78 is 0. The standard InChI is InChI=1S/C22H24N4O2/c27-21(25-11-9-17-5-1-3-7-19(17)25)23-13-15-24(16-14-23)22(28)26-12-10-18-6-2-4-8-20(18)26/h1-8H,9-16H2. The van der Waals surface area contributed by atoms with Crippen molar-refractivity contribution < 1.29 is 9.59 Å². The molecule has 6 heteroatoms. The van der Waals surface area contributed by atoms with Crippen LogP contribution in [0.3, 0.4) is 0 Å². The Kier molecular flexibility index (Phi) is 4.19. The molecule has 6 nitrogen and oxygen atoms in total. The van der Waals surface area contributed by atoms with Crippen LogP contribution in [0.15, 0.2) is 48.5 Å². The molecule has 0 aliphatic carbocycles. The van der Waals surface area contributed by atoms with Crippen LogP contribution in [0, 0.1) is 0 Å². The Labute approximate surface area is 164 Å². The number of fused-ring (bicyclic) bond motifs is 2. The number of nitrogens with zero attached hydrogens (tertiary/aromatic N) is 4. The van der Waals surface area contributed by atoms with E-state index in [1.165, 1.54) is 11.1 Å². The van der Waals surface area contributed by atoms with E-state index >= 15 is 0 Å². The van der Waals surface area contributed by atoms with Crippen molar-refractivity contribution >= 4 is 23.4 Å². The van der Waals surface area contributed by atoms with Gasteiger partial charge in [0, 0.05) is 50.6 Å². The van der Waals surface area contributed by atoms with Crippen LogP contribution in [0.1, 0.15) is 11.1 Å². The fourth-order valence-corrected chi connectivity index (χ4v) is 4.50. The number of carbonyl (C=O) groups excluding carboxylic acids is 2. The second kappa shape index (κ2) is 6.86. The van der Waals surface area contributed by atoms with Crippen LogP contribution < -0.4 is 9.80 Å². The van der Waals surface area contributed by atoms with E-state index in [9.17, 15) is 9.59 Å². The van der Waals surface area contributed by atoms with E-state index in [2.05, 4.69) is 12.1 Å². The number of benzene rings is 2. The molecule has 1 fully saturated rings. The summed E-state index contributed by atoms with van der Waals surface area (Å²) in [5.74, 6) is 0. The highest BCUT2D eigenvalue weighted by Gasteiger charge is 2.33. The maximum Gasteiger partial charge on any atom is 0.324 e. The van der Waals surface area contributed by atoms with Crippen molar-refractivity contribution in [2.75, 3.05) is 49.1 Å². The molecular formula is C22H24N4O2. The number of urea groups is 2. The lowest BCUT2D eigenvalue weighted by Crippen LogP contribution is -2.56. The molecule has 3 aliphatic heterocycles. The molecule has 144 valence electrons. The molecule has 0 unspecified atom stereocenters. The van der Waals surface area contributed by atoms with Gasteiger partial charge in [-0.15, -0.1) is 0 Å². The summed E-state index contributed by atoms with van der Waals surface area (Å²) in [7, 11) is 0. The van der Waals surface area contributed by atoms with Crippen molar-refractivity contribution in [2.24, 2.45) is 0 Å². The molecule has 0 N–H and O–H groups in total. The van der Waals surface area contributed by atoms with Gasteiger partial charge in [0.25, 0.3) is 0 Å². The van der Waals surface area contributed by atoms with Crippen molar-refractivity contribution in [3.63, 3.8) is 0 Å². The van der Waals surface area contributed by atoms with E-state index < -0.39 is 0 Å². The topological polar surface area (TPSA) is 47.1 Å². The number of hydrogen-bond acceptors (Lipinski definition) is 2. The predicted molar refractivity (Wildman–Crippen MR) is 109 cm³/mol. The zero-order valence-electron chi connectivity index (χ0n) is 15.9. The molecule has 0 spiro atoms. The Morgan fingerprint density at radius 2 is 0.964 bits per heavy atom. The van der Waals surface area contributed by atoms with Gasteiger partial charge in [-0.2, -0.15) is 0 Å². The first kappa shape index (κ1) is 17.1. The first-order valence-corrected chi connectivity index (χ1v) is 10.0. The molecule has 0 aromatic heterocycles. The number of anilines is 2. The second-order valence-corrected chi connectivity index (χ2v) is 7.60. The van der Waals surface area contributed by atoms with Crippen molar-refractivity contribution in [1.29, 1.82) is 0 Å². The Morgan fingerprint density at radius 3 is 1.39 bits per heavy atom. The first-order valence-electron chi connectivity index (χ1n) is 10.0. The van der Waals surface area contributed by atoms with Gasteiger partial charge in [0.05, 0.1) is 0 Å². The van der Waals surface area contributed by atoms with Crippen LogP contribution in [0.2, 0.25) is 0 Å². The molecule has 2 aromatic rings. The van der Waals surface area contributed by atoms with Crippen LogP contribution in [0.4, 0.5) is 21.0 Å². The summed E-state index contributed by atoms with van der Waals surface area (Å²) in [5, 5.41) is 0. The summed E-state index contributed by atoms with van der Waals surface area (Å²) in [6, 6.07) is 16.3. The molecule has 0 saturated carbocycles. The quantitative estimate of drug-likeness (QED) is 0.710. The van der Waals surface area contributed by atoms with E-state index in [-0.39, 0.29) is 12.1 Å². The van der Waals surface area contributed by atoms with Gasteiger partial charge in [-0.05, 0) is 36.1 Å². The van der Waals surface area contributed by atoms with Gasteiger partial charge < -0.3 is 9.80 Å². The zero-order chi connectivity index (χ0) is 19.1. The van der Waals surface area contributed by atoms with Crippen LogP contribution in [0.5, 0.6) is 0 Å². The number of piperazine rings is 1. The van der Waals surface area contributed by atoms with Crippen molar-refractivity contribution in [1.82, 2.24) is 9.80 Å². The maximum absolute atomic E-state index is 13.0. The van der Waals surface area contributed by atoms with E-state index in [0.29, 0.717) is 26.2 Å². The lowest BCUT2D eigenvalue weighted by atomic mass is 10.2. The molecule has 0 radical (unpaired) electrons. The second-order valence-electron chi connectivity index (χ2n) is 7.60. The Hall–Kier alpha value is -3.02. The van der Waals surface area contributed by atoms with Crippen LogP contribution in [-0.2, 0) is 12.8 Å². The highest BCUT2D eigenvalue weighted by atomic mass is 16.2. The summed E-state index contributed by atoms with van der Waals surface area (Å²) in [6.45, 7) is 3.80. The minimum Gasteiger partial charge on any atom is -0.321 e. The number of para-hydroxylation sites is 2. The monoisotopic (exact) mass is 376 g/mol. The van der Waals surface area contributed by atoms with Gasteiger partial charge in [0.15, 0.2) is 0 Å². The summed E-state index contributed by atoms with van der Waals surface area (Å²) in [5.41, 5.74) is 4.52. The summed E-state index contributed by atoms with van der Waals surface area (Å²) in [4.78, 5) is 33.5. The molecular weight excluding hydrogens is 352 g/mol. The third-order valence-corrected chi connectivity index (χ3v) is 6.06. The van der Waals surface area contributed by atoms with E-state index in [1.807, 2.05) is 56.0 Å². The van der Waals surface area contributed by atoms with Crippen molar-refractivity contribution in [3.05, 3.63) is 59.7 Å². The highest BCUT2D eigenvalue weighted by molar-refractivity contribution is 5.96. The molecule has 5 rings (SSSR count). The van der Waals surface area contributed by atoms with Crippen LogP contribution in [0.25, 0.3) is 0 Å². The minimum atomic E-state index is 0.0589. The molecule has 3 aliphatic rings. The average Bonchev–Trinajstić information content (AvgIpc) is 3.37. The molecule has 2 aromatic carbocycles. The van der Waals surface area contributed by atoms with Gasteiger partial charge >= 0.3 is 12.1 Å². The molecule has 0 atom stereocenters. The molecule has 1 saturated heterocycles. The molecule has 0 bridgehead atoms. The molecule has 4 amide bonds. The predicted octanol–water partition coefficient (Wildman–Crippen LogP) is 2.97. The SMILES string of the molecule is O=C(N1CCN(C(=O)N2CCc3ccccc32)CC1)N1CCc2ccccc21.